The molecular formula is C4H7F3O4S. The minimum absolute atomic E-state index is 0.796. The minimum atomic E-state index is -5.57. The van der Waals surface area contributed by atoms with Gasteiger partial charge in [0.1, 0.15) is 0 Å². The topological polar surface area (TPSA) is 63.6 Å². The smallest absolute Gasteiger partial charge is 0.394 e. The van der Waals surface area contributed by atoms with Crippen LogP contribution in [0.2, 0.25) is 0 Å². The van der Waals surface area contributed by atoms with Crippen LogP contribution in [0.4, 0.5) is 13.2 Å². The summed E-state index contributed by atoms with van der Waals surface area (Å²) in [7, 11) is -5.57. The predicted molar refractivity (Wildman–Crippen MR) is 32.6 cm³/mol. The van der Waals surface area contributed by atoms with Gasteiger partial charge in [-0.1, -0.05) is 0 Å². The first-order valence-corrected chi connectivity index (χ1v) is 4.22. The van der Waals surface area contributed by atoms with Crippen molar-refractivity contribution in [2.75, 3.05) is 6.61 Å². The molecule has 0 aliphatic carbocycles. The van der Waals surface area contributed by atoms with E-state index in [1.807, 2.05) is 0 Å². The van der Waals surface area contributed by atoms with Gasteiger partial charge in [-0.3, -0.25) is 4.18 Å². The maximum absolute atomic E-state index is 11.5. The van der Waals surface area contributed by atoms with E-state index in [0.717, 1.165) is 6.92 Å². The summed E-state index contributed by atoms with van der Waals surface area (Å²) in [5.74, 6) is 0. The van der Waals surface area contributed by atoms with Gasteiger partial charge >= 0.3 is 15.6 Å². The first-order chi connectivity index (χ1) is 5.20. The van der Waals surface area contributed by atoms with Crippen molar-refractivity contribution in [3.8, 4) is 0 Å². The molecule has 1 atom stereocenters. The Hall–Kier alpha value is -0.340. The van der Waals surface area contributed by atoms with Crippen LogP contribution < -0.4 is 0 Å². The number of aliphatic hydroxyl groups is 1. The Morgan fingerprint density at radius 3 is 2.17 bits per heavy atom. The molecule has 0 aliphatic heterocycles. The molecule has 8 heteroatoms. The molecule has 0 bridgehead atoms. The molecule has 0 amide bonds. The predicted octanol–water partition coefficient (Wildman–Crippen LogP) is 0.233. The van der Waals surface area contributed by atoms with Gasteiger partial charge in [-0.25, -0.2) is 0 Å². The molecule has 0 heterocycles. The van der Waals surface area contributed by atoms with Gasteiger partial charge in [0.05, 0.1) is 12.7 Å². The Labute approximate surface area is 67.1 Å². The molecule has 0 aromatic carbocycles. The summed E-state index contributed by atoms with van der Waals surface area (Å²) >= 11 is 0. The Kier molecular flexibility index (Phi) is 3.48. The van der Waals surface area contributed by atoms with Gasteiger partial charge in [0, 0.05) is 0 Å². The molecule has 0 radical (unpaired) electrons. The van der Waals surface area contributed by atoms with Crippen molar-refractivity contribution in [1.29, 1.82) is 0 Å². The van der Waals surface area contributed by atoms with Crippen molar-refractivity contribution in [1.82, 2.24) is 0 Å². The quantitative estimate of drug-likeness (QED) is 0.532. The third-order valence-electron chi connectivity index (χ3n) is 0.832. The summed E-state index contributed by atoms with van der Waals surface area (Å²) in [6, 6.07) is 0. The molecule has 0 saturated heterocycles. The second-order valence-corrected chi connectivity index (χ2v) is 3.55. The Morgan fingerprint density at radius 1 is 1.50 bits per heavy atom. The third kappa shape index (κ3) is 2.95. The van der Waals surface area contributed by atoms with E-state index in [1.54, 1.807) is 0 Å². The molecule has 74 valence electrons. The van der Waals surface area contributed by atoms with Crippen molar-refractivity contribution < 1.29 is 30.9 Å². The normalized spacial score (nSPS) is 16.1. The molecule has 1 N–H and O–H groups in total. The highest BCUT2D eigenvalue weighted by molar-refractivity contribution is 7.87. The first kappa shape index (κ1) is 11.7. The Balaban J connectivity index is 4.46. The molecule has 0 fully saturated rings. The van der Waals surface area contributed by atoms with Crippen LogP contribution in [0.25, 0.3) is 0 Å². The van der Waals surface area contributed by atoms with Crippen LogP contribution in [0.5, 0.6) is 0 Å². The van der Waals surface area contributed by atoms with Crippen LogP contribution in [-0.4, -0.2) is 31.7 Å². The monoisotopic (exact) mass is 208 g/mol. The molecule has 0 saturated carbocycles. The zero-order valence-electron chi connectivity index (χ0n) is 6.00. The fourth-order valence-electron chi connectivity index (χ4n) is 0.301. The average molecular weight is 208 g/mol. The molecule has 0 aliphatic rings. The summed E-state index contributed by atoms with van der Waals surface area (Å²) in [6.07, 6.45) is -1.39. The number of aliphatic hydroxyl groups excluding tert-OH is 1. The van der Waals surface area contributed by atoms with Crippen LogP contribution in [0.15, 0.2) is 0 Å². The van der Waals surface area contributed by atoms with Crippen LogP contribution >= 0.6 is 0 Å². The first-order valence-electron chi connectivity index (χ1n) is 2.81. The van der Waals surface area contributed by atoms with E-state index < -0.39 is 28.3 Å². The summed E-state index contributed by atoms with van der Waals surface area (Å²) in [4.78, 5) is 0. The molecule has 0 spiro atoms. The highest BCUT2D eigenvalue weighted by Crippen LogP contribution is 2.25. The fraction of sp³-hybridized carbons (Fsp3) is 1.00. The highest BCUT2D eigenvalue weighted by atomic mass is 32.2. The van der Waals surface area contributed by atoms with Crippen LogP contribution in [0.3, 0.4) is 0 Å². The van der Waals surface area contributed by atoms with Gasteiger partial charge < -0.3 is 5.11 Å². The van der Waals surface area contributed by atoms with E-state index in [1.165, 1.54) is 0 Å². The Bertz CT molecular complexity index is 231. The van der Waals surface area contributed by atoms with E-state index in [-0.39, 0.29) is 0 Å². The third-order valence-corrected chi connectivity index (χ3v) is 1.98. The molecule has 0 rings (SSSR count). The highest BCUT2D eigenvalue weighted by Gasteiger charge is 2.48. The van der Waals surface area contributed by atoms with Gasteiger partial charge in [0.15, 0.2) is 0 Å². The zero-order valence-corrected chi connectivity index (χ0v) is 6.82. The van der Waals surface area contributed by atoms with Crippen molar-refractivity contribution in [3.05, 3.63) is 0 Å². The van der Waals surface area contributed by atoms with E-state index >= 15 is 0 Å². The molecular weight excluding hydrogens is 201 g/mol. The van der Waals surface area contributed by atoms with Crippen LogP contribution in [0.1, 0.15) is 6.92 Å². The van der Waals surface area contributed by atoms with Crippen molar-refractivity contribution in [3.63, 3.8) is 0 Å². The average Bonchev–Trinajstić information content (AvgIpc) is 1.84. The maximum Gasteiger partial charge on any atom is 0.523 e. The minimum Gasteiger partial charge on any atom is -0.394 e. The summed E-state index contributed by atoms with van der Waals surface area (Å²) in [5.41, 5.74) is -5.43. The number of halogens is 3. The van der Waals surface area contributed by atoms with Crippen molar-refractivity contribution in [2.24, 2.45) is 0 Å². The molecule has 12 heavy (non-hydrogen) atoms. The second-order valence-electron chi connectivity index (χ2n) is 1.99. The number of rotatable bonds is 3. The molecule has 0 aromatic heterocycles. The van der Waals surface area contributed by atoms with Gasteiger partial charge in [0.2, 0.25) is 0 Å². The van der Waals surface area contributed by atoms with Gasteiger partial charge in [0.25, 0.3) is 0 Å². The summed E-state index contributed by atoms with van der Waals surface area (Å²) < 4.78 is 58.5. The summed E-state index contributed by atoms with van der Waals surface area (Å²) in [5, 5.41) is 8.21. The molecule has 4 nitrogen and oxygen atoms in total. The second kappa shape index (κ2) is 3.58. The lowest BCUT2D eigenvalue weighted by molar-refractivity contribution is -0.0582. The Morgan fingerprint density at radius 2 is 1.92 bits per heavy atom. The standard InChI is InChI=1S/C4H7F3O4S/c1-3(2-8)11-12(9,10)4(5,6)7/h3,8H,2H2,1H3. The van der Waals surface area contributed by atoms with E-state index in [9.17, 15) is 21.6 Å². The fourth-order valence-corrected chi connectivity index (χ4v) is 0.904. The number of hydrogen-bond donors (Lipinski definition) is 1. The summed E-state index contributed by atoms with van der Waals surface area (Å²) in [6.45, 7) is 0.207. The van der Waals surface area contributed by atoms with E-state index in [2.05, 4.69) is 4.18 Å². The number of hydrogen-bond acceptors (Lipinski definition) is 4. The largest absolute Gasteiger partial charge is 0.523 e. The van der Waals surface area contributed by atoms with Crippen LogP contribution in [-0.2, 0) is 14.3 Å². The van der Waals surface area contributed by atoms with Gasteiger partial charge in [-0.05, 0) is 6.92 Å². The van der Waals surface area contributed by atoms with Gasteiger partial charge in [-0.2, -0.15) is 21.6 Å². The number of alkyl halides is 3. The zero-order chi connectivity index (χ0) is 9.99. The maximum atomic E-state index is 11.5. The lowest BCUT2D eigenvalue weighted by Crippen LogP contribution is -2.30. The SMILES string of the molecule is CC(CO)OS(=O)(=O)C(F)(F)F. The molecule has 0 aromatic rings. The lowest BCUT2D eigenvalue weighted by atomic mass is 10.5. The molecule has 1 unspecified atom stereocenters. The van der Waals surface area contributed by atoms with Crippen molar-refractivity contribution >= 4 is 10.1 Å². The van der Waals surface area contributed by atoms with Crippen molar-refractivity contribution in [2.45, 2.75) is 18.5 Å². The van der Waals surface area contributed by atoms with E-state index in [0.29, 0.717) is 0 Å². The van der Waals surface area contributed by atoms with Crippen LogP contribution in [0, 0.1) is 0 Å². The van der Waals surface area contributed by atoms with E-state index in [4.69, 9.17) is 5.11 Å². The van der Waals surface area contributed by atoms with Gasteiger partial charge in [-0.15, -0.1) is 0 Å². The lowest BCUT2D eigenvalue weighted by Gasteiger charge is -2.11.